The van der Waals surface area contributed by atoms with E-state index in [-0.39, 0.29) is 29.9 Å². The van der Waals surface area contributed by atoms with Crippen molar-refractivity contribution in [3.63, 3.8) is 0 Å². The third-order valence-corrected chi connectivity index (χ3v) is 6.71. The van der Waals surface area contributed by atoms with Crippen molar-refractivity contribution < 1.29 is 17.6 Å². The standard InChI is InChI=1S/C28H27FN2O3S/c1-3-25(20-12-9-13-21(29)16-20)30-27(32)17-23-22-14-7-8-15-26(22)31-28(19-10-5-4-6-11-19)24(23)18-35(2,33)34/h4-16,25H,3,17-18H2,1-2H3,(H,30,32). The number of pyridine rings is 1. The number of rotatable bonds is 8. The first kappa shape index (κ1) is 24.5. The van der Waals surface area contributed by atoms with Crippen molar-refractivity contribution in [2.75, 3.05) is 6.26 Å². The lowest BCUT2D eigenvalue weighted by atomic mass is 9.95. The second kappa shape index (κ2) is 10.4. The van der Waals surface area contributed by atoms with Crippen LogP contribution in [-0.4, -0.2) is 25.6 Å². The Morgan fingerprint density at radius 2 is 1.69 bits per heavy atom. The smallest absolute Gasteiger partial charge is 0.224 e. The molecule has 35 heavy (non-hydrogen) atoms. The van der Waals surface area contributed by atoms with Crippen LogP contribution in [0, 0.1) is 5.82 Å². The number of para-hydroxylation sites is 1. The first-order valence-electron chi connectivity index (χ1n) is 11.4. The SMILES string of the molecule is CCC(NC(=O)Cc1c(CS(C)(=O)=O)c(-c2ccccc2)nc2ccccc12)c1cccc(F)c1. The molecule has 0 saturated carbocycles. The predicted molar refractivity (Wildman–Crippen MR) is 137 cm³/mol. The van der Waals surface area contributed by atoms with Gasteiger partial charge in [0.05, 0.1) is 29.4 Å². The lowest BCUT2D eigenvalue weighted by Gasteiger charge is -2.20. The van der Waals surface area contributed by atoms with Crippen LogP contribution in [0.3, 0.4) is 0 Å². The minimum absolute atomic E-state index is 0.0282. The molecule has 5 nitrogen and oxygen atoms in total. The molecule has 1 aromatic heterocycles. The van der Waals surface area contributed by atoms with Gasteiger partial charge in [0.15, 0.2) is 9.84 Å². The number of carbonyl (C=O) groups excluding carboxylic acids is 1. The largest absolute Gasteiger partial charge is 0.349 e. The minimum Gasteiger partial charge on any atom is -0.349 e. The van der Waals surface area contributed by atoms with E-state index in [1.165, 1.54) is 18.4 Å². The first-order chi connectivity index (χ1) is 16.7. The first-order valence-corrected chi connectivity index (χ1v) is 13.5. The Morgan fingerprint density at radius 3 is 2.37 bits per heavy atom. The summed E-state index contributed by atoms with van der Waals surface area (Å²) in [5.41, 5.74) is 3.85. The van der Waals surface area contributed by atoms with E-state index >= 15 is 0 Å². The molecule has 0 bridgehead atoms. The van der Waals surface area contributed by atoms with E-state index in [0.717, 1.165) is 10.9 Å². The second-order valence-electron chi connectivity index (χ2n) is 8.63. The quantitative estimate of drug-likeness (QED) is 0.359. The highest BCUT2D eigenvalue weighted by Crippen LogP contribution is 2.32. The number of amides is 1. The lowest BCUT2D eigenvalue weighted by molar-refractivity contribution is -0.121. The van der Waals surface area contributed by atoms with Crippen molar-refractivity contribution in [3.8, 4) is 11.3 Å². The van der Waals surface area contributed by atoms with Gasteiger partial charge in [-0.05, 0) is 41.3 Å². The van der Waals surface area contributed by atoms with Gasteiger partial charge < -0.3 is 5.32 Å². The van der Waals surface area contributed by atoms with Crippen molar-refractivity contribution in [3.05, 3.63) is 101 Å². The van der Waals surface area contributed by atoms with Gasteiger partial charge in [-0.2, -0.15) is 0 Å². The van der Waals surface area contributed by atoms with Gasteiger partial charge in [0, 0.05) is 17.2 Å². The molecule has 1 atom stereocenters. The van der Waals surface area contributed by atoms with E-state index in [1.54, 1.807) is 12.1 Å². The van der Waals surface area contributed by atoms with Gasteiger partial charge in [0.1, 0.15) is 5.82 Å². The summed E-state index contributed by atoms with van der Waals surface area (Å²) in [5, 5.41) is 3.73. The molecule has 0 aliphatic carbocycles. The zero-order valence-electron chi connectivity index (χ0n) is 19.7. The highest BCUT2D eigenvalue weighted by Gasteiger charge is 2.23. The summed E-state index contributed by atoms with van der Waals surface area (Å²) in [6.07, 6.45) is 1.73. The fourth-order valence-corrected chi connectivity index (χ4v) is 5.16. The van der Waals surface area contributed by atoms with Crippen LogP contribution in [0.2, 0.25) is 0 Å². The number of fused-ring (bicyclic) bond motifs is 1. The Labute approximate surface area is 205 Å². The molecule has 1 unspecified atom stereocenters. The van der Waals surface area contributed by atoms with Gasteiger partial charge in [-0.25, -0.2) is 17.8 Å². The number of benzene rings is 3. The topological polar surface area (TPSA) is 76.1 Å². The van der Waals surface area contributed by atoms with Crippen LogP contribution >= 0.6 is 0 Å². The number of sulfone groups is 1. The Bertz CT molecular complexity index is 1470. The molecular weight excluding hydrogens is 463 g/mol. The van der Waals surface area contributed by atoms with Gasteiger partial charge >= 0.3 is 0 Å². The van der Waals surface area contributed by atoms with Crippen LogP contribution in [0.15, 0.2) is 78.9 Å². The summed E-state index contributed by atoms with van der Waals surface area (Å²) in [6.45, 7) is 1.92. The van der Waals surface area contributed by atoms with E-state index in [9.17, 15) is 17.6 Å². The summed E-state index contributed by atoms with van der Waals surface area (Å²) >= 11 is 0. The van der Waals surface area contributed by atoms with Gasteiger partial charge in [0.25, 0.3) is 0 Å². The third kappa shape index (κ3) is 5.92. The molecule has 4 aromatic rings. The van der Waals surface area contributed by atoms with Gasteiger partial charge in [-0.15, -0.1) is 0 Å². The average Bonchev–Trinajstić information content (AvgIpc) is 2.83. The minimum atomic E-state index is -3.42. The molecule has 0 saturated heterocycles. The summed E-state index contributed by atoms with van der Waals surface area (Å²) in [6, 6.07) is 22.6. The molecule has 1 amide bonds. The van der Waals surface area contributed by atoms with Crippen LogP contribution in [0.4, 0.5) is 4.39 Å². The Balaban J connectivity index is 1.80. The van der Waals surface area contributed by atoms with Crippen molar-refractivity contribution in [2.45, 2.75) is 31.6 Å². The monoisotopic (exact) mass is 490 g/mol. The van der Waals surface area contributed by atoms with Crippen LogP contribution < -0.4 is 5.32 Å². The molecule has 0 fully saturated rings. The number of carbonyl (C=O) groups is 1. The van der Waals surface area contributed by atoms with Gasteiger partial charge in [-0.3, -0.25) is 4.79 Å². The Kier molecular flexibility index (Phi) is 7.26. The number of aromatic nitrogens is 1. The lowest BCUT2D eigenvalue weighted by Crippen LogP contribution is -2.30. The fourth-order valence-electron chi connectivity index (χ4n) is 4.32. The van der Waals surface area contributed by atoms with Crippen molar-refractivity contribution >= 4 is 26.6 Å². The Morgan fingerprint density at radius 1 is 0.971 bits per heavy atom. The number of nitrogens with one attached hydrogen (secondary N) is 1. The molecule has 3 aromatic carbocycles. The zero-order chi connectivity index (χ0) is 25.0. The maximum Gasteiger partial charge on any atom is 0.224 e. The van der Waals surface area contributed by atoms with Crippen LogP contribution in [0.25, 0.3) is 22.2 Å². The number of hydrogen-bond acceptors (Lipinski definition) is 4. The number of halogens is 1. The molecule has 0 radical (unpaired) electrons. The average molecular weight is 491 g/mol. The maximum absolute atomic E-state index is 13.8. The molecule has 7 heteroatoms. The molecule has 1 heterocycles. The summed E-state index contributed by atoms with van der Waals surface area (Å²) < 4.78 is 38.6. The van der Waals surface area contributed by atoms with Crippen molar-refractivity contribution in [2.24, 2.45) is 0 Å². The maximum atomic E-state index is 13.8. The second-order valence-corrected chi connectivity index (χ2v) is 10.8. The van der Waals surface area contributed by atoms with Gasteiger partial charge in [0.2, 0.25) is 5.91 Å². The van der Waals surface area contributed by atoms with E-state index in [4.69, 9.17) is 4.98 Å². The zero-order valence-corrected chi connectivity index (χ0v) is 20.5. The summed E-state index contributed by atoms with van der Waals surface area (Å²) in [5.74, 6) is -0.872. The Hall–Kier alpha value is -3.58. The summed E-state index contributed by atoms with van der Waals surface area (Å²) in [4.78, 5) is 18.1. The molecular formula is C28H27FN2O3S. The molecule has 1 N–H and O–H groups in total. The third-order valence-electron chi connectivity index (χ3n) is 5.90. The number of nitrogens with zero attached hydrogens (tertiary/aromatic N) is 1. The highest BCUT2D eigenvalue weighted by atomic mass is 32.2. The van der Waals surface area contributed by atoms with Crippen LogP contribution in [-0.2, 0) is 26.8 Å². The molecule has 4 rings (SSSR count). The molecule has 180 valence electrons. The normalized spacial score (nSPS) is 12.4. The van der Waals surface area contributed by atoms with Crippen molar-refractivity contribution in [1.82, 2.24) is 10.3 Å². The van der Waals surface area contributed by atoms with Crippen LogP contribution in [0.1, 0.15) is 36.1 Å². The van der Waals surface area contributed by atoms with Gasteiger partial charge in [-0.1, -0.05) is 67.6 Å². The van der Waals surface area contributed by atoms with Crippen LogP contribution in [0.5, 0.6) is 0 Å². The molecule has 0 spiro atoms. The van der Waals surface area contributed by atoms with E-state index in [0.29, 0.717) is 34.3 Å². The van der Waals surface area contributed by atoms with E-state index < -0.39 is 9.84 Å². The molecule has 0 aliphatic heterocycles. The van der Waals surface area contributed by atoms with E-state index in [1.807, 2.05) is 61.5 Å². The number of hydrogen-bond donors (Lipinski definition) is 1. The fraction of sp³-hybridized carbons (Fsp3) is 0.214. The van der Waals surface area contributed by atoms with Crippen molar-refractivity contribution in [1.29, 1.82) is 0 Å². The van der Waals surface area contributed by atoms with E-state index in [2.05, 4.69) is 5.32 Å². The summed E-state index contributed by atoms with van der Waals surface area (Å²) in [7, 11) is -3.42. The predicted octanol–water partition coefficient (Wildman–Crippen LogP) is 5.40. The molecule has 0 aliphatic rings. The highest BCUT2D eigenvalue weighted by molar-refractivity contribution is 7.89.